The standard InChI is InChI=1S/C24H21NO2/c1-17-12-14-20(15-13-17)25-23(26)21(18-8-4-2-5-9-18)16-22(24(25)27)19-10-6-3-7-11-19/h2-15,21-22H,16H2,1H3. The van der Waals surface area contributed by atoms with Gasteiger partial charge in [-0.15, -0.1) is 0 Å². The Morgan fingerprint density at radius 2 is 1.11 bits per heavy atom. The molecule has 0 saturated carbocycles. The van der Waals surface area contributed by atoms with E-state index in [1.165, 1.54) is 4.90 Å². The quantitative estimate of drug-likeness (QED) is 0.631. The molecule has 4 rings (SSSR count). The van der Waals surface area contributed by atoms with Gasteiger partial charge in [-0.1, -0.05) is 78.4 Å². The molecule has 1 aliphatic heterocycles. The number of imide groups is 1. The lowest BCUT2D eigenvalue weighted by Crippen LogP contribution is -2.48. The number of anilines is 1. The van der Waals surface area contributed by atoms with Gasteiger partial charge in [0.1, 0.15) is 0 Å². The molecular weight excluding hydrogens is 334 g/mol. The minimum atomic E-state index is -0.338. The number of aryl methyl sites for hydroxylation is 1. The monoisotopic (exact) mass is 355 g/mol. The molecule has 3 nitrogen and oxygen atoms in total. The van der Waals surface area contributed by atoms with E-state index in [9.17, 15) is 9.59 Å². The van der Waals surface area contributed by atoms with Gasteiger partial charge in [-0.2, -0.15) is 0 Å². The average Bonchev–Trinajstić information content (AvgIpc) is 2.71. The van der Waals surface area contributed by atoms with Gasteiger partial charge in [-0.3, -0.25) is 9.59 Å². The number of rotatable bonds is 3. The first-order valence-corrected chi connectivity index (χ1v) is 9.19. The summed E-state index contributed by atoms with van der Waals surface area (Å²) in [7, 11) is 0. The Kier molecular flexibility index (Phi) is 4.59. The molecule has 0 radical (unpaired) electrons. The SMILES string of the molecule is Cc1ccc(N2C(=O)C(c3ccccc3)CC(c3ccccc3)C2=O)cc1. The lowest BCUT2D eigenvalue weighted by molar-refractivity contribution is -0.131. The zero-order chi connectivity index (χ0) is 18.8. The molecule has 2 atom stereocenters. The summed E-state index contributed by atoms with van der Waals surface area (Å²) in [5, 5.41) is 0. The molecule has 3 aromatic rings. The van der Waals surface area contributed by atoms with Gasteiger partial charge in [0.25, 0.3) is 0 Å². The molecule has 1 heterocycles. The fourth-order valence-electron chi connectivity index (χ4n) is 3.73. The molecule has 2 amide bonds. The summed E-state index contributed by atoms with van der Waals surface area (Å²) in [4.78, 5) is 28.0. The molecule has 1 fully saturated rings. The van der Waals surface area contributed by atoms with E-state index in [4.69, 9.17) is 0 Å². The van der Waals surface area contributed by atoms with Crippen molar-refractivity contribution in [1.29, 1.82) is 0 Å². The second kappa shape index (κ2) is 7.20. The van der Waals surface area contributed by atoms with E-state index in [-0.39, 0.29) is 23.7 Å². The Labute approximate surface area is 159 Å². The number of hydrogen-bond donors (Lipinski definition) is 0. The smallest absolute Gasteiger partial charge is 0.241 e. The number of benzene rings is 3. The van der Waals surface area contributed by atoms with Gasteiger partial charge in [0, 0.05) is 0 Å². The van der Waals surface area contributed by atoms with Crippen molar-refractivity contribution in [2.75, 3.05) is 4.90 Å². The predicted molar refractivity (Wildman–Crippen MR) is 107 cm³/mol. The Hall–Kier alpha value is -3.20. The maximum Gasteiger partial charge on any atom is 0.241 e. The van der Waals surface area contributed by atoms with Crippen LogP contribution in [0.1, 0.15) is 34.9 Å². The zero-order valence-corrected chi connectivity index (χ0v) is 15.2. The van der Waals surface area contributed by atoms with Crippen LogP contribution in [0, 0.1) is 6.92 Å². The molecule has 3 heteroatoms. The highest BCUT2D eigenvalue weighted by atomic mass is 16.2. The fraction of sp³-hybridized carbons (Fsp3) is 0.167. The van der Waals surface area contributed by atoms with Crippen LogP contribution >= 0.6 is 0 Å². The van der Waals surface area contributed by atoms with Gasteiger partial charge >= 0.3 is 0 Å². The van der Waals surface area contributed by atoms with Gasteiger partial charge < -0.3 is 0 Å². The first-order chi connectivity index (χ1) is 13.1. The van der Waals surface area contributed by atoms with E-state index in [1.54, 1.807) is 0 Å². The van der Waals surface area contributed by atoms with E-state index in [0.29, 0.717) is 12.1 Å². The molecule has 27 heavy (non-hydrogen) atoms. The summed E-state index contributed by atoms with van der Waals surface area (Å²) in [5.41, 5.74) is 3.63. The first-order valence-electron chi connectivity index (χ1n) is 9.19. The second-order valence-electron chi connectivity index (χ2n) is 7.01. The average molecular weight is 355 g/mol. The molecule has 0 bridgehead atoms. The summed E-state index contributed by atoms with van der Waals surface area (Å²) in [5.74, 6) is -0.977. The second-order valence-corrected chi connectivity index (χ2v) is 7.01. The minimum Gasteiger partial charge on any atom is -0.273 e. The predicted octanol–water partition coefficient (Wildman–Crippen LogP) is 4.83. The van der Waals surface area contributed by atoms with Crippen molar-refractivity contribution in [3.63, 3.8) is 0 Å². The molecule has 2 unspecified atom stereocenters. The molecule has 0 N–H and O–H groups in total. The maximum atomic E-state index is 13.3. The molecule has 0 aliphatic carbocycles. The van der Waals surface area contributed by atoms with Gasteiger partial charge in [0.2, 0.25) is 11.8 Å². The van der Waals surface area contributed by atoms with Crippen LogP contribution in [0.4, 0.5) is 5.69 Å². The number of carbonyl (C=O) groups is 2. The van der Waals surface area contributed by atoms with Crippen molar-refractivity contribution in [1.82, 2.24) is 0 Å². The Morgan fingerprint density at radius 3 is 1.56 bits per heavy atom. The maximum absolute atomic E-state index is 13.3. The van der Waals surface area contributed by atoms with Gasteiger partial charge in [0.05, 0.1) is 17.5 Å². The summed E-state index contributed by atoms with van der Waals surface area (Å²) in [6.07, 6.45) is 0.494. The van der Waals surface area contributed by atoms with Crippen LogP contribution in [0.2, 0.25) is 0 Å². The Balaban J connectivity index is 1.80. The first kappa shape index (κ1) is 17.2. The lowest BCUT2D eigenvalue weighted by atomic mass is 9.80. The molecule has 0 spiro atoms. The zero-order valence-electron chi connectivity index (χ0n) is 15.2. The van der Waals surface area contributed by atoms with Crippen LogP contribution in [0.3, 0.4) is 0 Å². The van der Waals surface area contributed by atoms with Crippen LogP contribution in [0.15, 0.2) is 84.9 Å². The van der Waals surface area contributed by atoms with E-state index >= 15 is 0 Å². The lowest BCUT2D eigenvalue weighted by Gasteiger charge is -2.36. The van der Waals surface area contributed by atoms with Crippen molar-refractivity contribution < 1.29 is 9.59 Å². The van der Waals surface area contributed by atoms with Crippen LogP contribution in [-0.4, -0.2) is 11.8 Å². The topological polar surface area (TPSA) is 37.4 Å². The summed E-state index contributed by atoms with van der Waals surface area (Å²) >= 11 is 0. The minimum absolute atomic E-state index is 0.151. The highest BCUT2D eigenvalue weighted by Crippen LogP contribution is 2.39. The number of piperidine rings is 1. The van der Waals surface area contributed by atoms with Crippen LogP contribution in [0.25, 0.3) is 0 Å². The van der Waals surface area contributed by atoms with Crippen molar-refractivity contribution >= 4 is 17.5 Å². The molecule has 1 saturated heterocycles. The van der Waals surface area contributed by atoms with Gasteiger partial charge in [-0.25, -0.2) is 4.90 Å². The van der Waals surface area contributed by atoms with E-state index < -0.39 is 0 Å². The number of amides is 2. The normalized spacial score (nSPS) is 20.0. The highest BCUT2D eigenvalue weighted by molar-refractivity contribution is 6.20. The Bertz CT molecular complexity index is 891. The van der Waals surface area contributed by atoms with Crippen molar-refractivity contribution in [3.05, 3.63) is 102 Å². The molecule has 0 aromatic heterocycles. The van der Waals surface area contributed by atoms with Crippen LogP contribution in [0.5, 0.6) is 0 Å². The Morgan fingerprint density at radius 1 is 0.667 bits per heavy atom. The van der Waals surface area contributed by atoms with Crippen molar-refractivity contribution in [2.24, 2.45) is 0 Å². The van der Waals surface area contributed by atoms with Gasteiger partial charge in [-0.05, 0) is 36.6 Å². The van der Waals surface area contributed by atoms with Crippen molar-refractivity contribution in [3.8, 4) is 0 Å². The molecule has 3 aromatic carbocycles. The summed E-state index contributed by atoms with van der Waals surface area (Å²) in [6.45, 7) is 1.99. The molecular formula is C24H21NO2. The highest BCUT2D eigenvalue weighted by Gasteiger charge is 2.42. The molecule has 1 aliphatic rings. The summed E-state index contributed by atoms with van der Waals surface area (Å²) < 4.78 is 0. The van der Waals surface area contributed by atoms with Crippen molar-refractivity contribution in [2.45, 2.75) is 25.2 Å². The third-order valence-corrected chi connectivity index (χ3v) is 5.20. The van der Waals surface area contributed by atoms with Crippen LogP contribution < -0.4 is 4.90 Å². The number of carbonyl (C=O) groups excluding carboxylic acids is 2. The van der Waals surface area contributed by atoms with Gasteiger partial charge in [0.15, 0.2) is 0 Å². The van der Waals surface area contributed by atoms with E-state index in [0.717, 1.165) is 16.7 Å². The third kappa shape index (κ3) is 3.28. The summed E-state index contributed by atoms with van der Waals surface area (Å²) in [6, 6.07) is 27.0. The largest absolute Gasteiger partial charge is 0.273 e. The molecule has 134 valence electrons. The number of hydrogen-bond acceptors (Lipinski definition) is 2. The number of nitrogens with zero attached hydrogens (tertiary/aromatic N) is 1. The van der Waals surface area contributed by atoms with E-state index in [1.807, 2.05) is 91.9 Å². The van der Waals surface area contributed by atoms with Crippen LogP contribution in [-0.2, 0) is 9.59 Å². The van der Waals surface area contributed by atoms with E-state index in [2.05, 4.69) is 0 Å². The fourth-order valence-corrected chi connectivity index (χ4v) is 3.73. The third-order valence-electron chi connectivity index (χ3n) is 5.20.